The molecule has 0 aliphatic heterocycles. The lowest BCUT2D eigenvalue weighted by Crippen LogP contribution is -2.03. The minimum absolute atomic E-state index is 0.364. The van der Waals surface area contributed by atoms with Crippen LogP contribution in [0.5, 0.6) is 0 Å². The Hall–Kier alpha value is -2.90. The normalized spacial score (nSPS) is 10.4. The Balaban J connectivity index is 2.81. The topological polar surface area (TPSA) is 80.4 Å². The summed E-state index contributed by atoms with van der Waals surface area (Å²) in [6.45, 7) is 0. The Morgan fingerprint density at radius 2 is 1.67 bits per heavy atom. The number of aromatic carboxylic acids is 1. The Morgan fingerprint density at radius 3 is 2.14 bits per heavy atom. The smallest absolute Gasteiger partial charge is 0.336 e. The fourth-order valence-electron chi connectivity index (χ4n) is 1.84. The lowest BCUT2D eigenvalue weighted by Gasteiger charge is -2.09. The van der Waals surface area contributed by atoms with Gasteiger partial charge in [-0.15, -0.1) is 0 Å². The van der Waals surface area contributed by atoms with Gasteiger partial charge in [0.15, 0.2) is 0 Å². The molecule has 0 amide bonds. The molecule has 8 heteroatoms. The Labute approximate surface area is 115 Å². The maximum Gasteiger partial charge on any atom is 0.336 e. The van der Waals surface area contributed by atoms with Gasteiger partial charge in [-0.1, -0.05) is 0 Å². The minimum Gasteiger partial charge on any atom is -0.478 e. The number of halogens is 3. The van der Waals surface area contributed by atoms with Crippen LogP contribution in [-0.2, 0) is 0 Å². The summed E-state index contributed by atoms with van der Waals surface area (Å²) in [6, 6.07) is 3.21. The summed E-state index contributed by atoms with van der Waals surface area (Å²) < 4.78 is 40.3. The number of nitro groups is 1. The third-order valence-corrected chi connectivity index (χ3v) is 2.72. The highest BCUT2D eigenvalue weighted by Gasteiger charge is 2.22. The summed E-state index contributed by atoms with van der Waals surface area (Å²) in [4.78, 5) is 20.9. The Kier molecular flexibility index (Phi) is 3.62. The van der Waals surface area contributed by atoms with Crippen LogP contribution in [0.15, 0.2) is 30.3 Å². The molecule has 5 nitrogen and oxygen atoms in total. The van der Waals surface area contributed by atoms with Crippen LogP contribution in [0.2, 0.25) is 0 Å². The van der Waals surface area contributed by atoms with Crippen molar-refractivity contribution in [2.24, 2.45) is 0 Å². The molecule has 0 spiro atoms. The molecule has 0 aliphatic carbocycles. The molecule has 0 radical (unpaired) electrons. The van der Waals surface area contributed by atoms with E-state index in [-0.39, 0.29) is 0 Å². The van der Waals surface area contributed by atoms with E-state index < -0.39 is 50.7 Å². The highest BCUT2D eigenvalue weighted by atomic mass is 19.1. The van der Waals surface area contributed by atoms with Crippen molar-refractivity contribution < 1.29 is 28.0 Å². The van der Waals surface area contributed by atoms with Crippen LogP contribution in [0.25, 0.3) is 11.1 Å². The van der Waals surface area contributed by atoms with E-state index in [1.165, 1.54) is 0 Å². The van der Waals surface area contributed by atoms with Gasteiger partial charge in [-0.3, -0.25) is 10.1 Å². The van der Waals surface area contributed by atoms with E-state index in [2.05, 4.69) is 0 Å². The standard InChI is InChI=1S/C13H6F3NO4/c14-6-3-10(15)12(11(16)4-6)9-5-7(17(20)21)1-2-8(9)13(18)19/h1-5H,(H,18,19). The molecular formula is C13H6F3NO4. The zero-order chi connectivity index (χ0) is 15.7. The van der Waals surface area contributed by atoms with Gasteiger partial charge in [-0.2, -0.15) is 0 Å². The van der Waals surface area contributed by atoms with E-state index in [0.29, 0.717) is 12.1 Å². The number of non-ortho nitro benzene ring substituents is 1. The van der Waals surface area contributed by atoms with Crippen LogP contribution in [0.1, 0.15) is 10.4 Å². The first kappa shape index (κ1) is 14.5. The van der Waals surface area contributed by atoms with E-state index in [0.717, 1.165) is 18.2 Å². The summed E-state index contributed by atoms with van der Waals surface area (Å²) in [6.07, 6.45) is 0. The van der Waals surface area contributed by atoms with Crippen molar-refractivity contribution in [1.29, 1.82) is 0 Å². The number of rotatable bonds is 3. The summed E-state index contributed by atoms with van der Waals surface area (Å²) in [5.74, 6) is -5.41. The molecule has 1 N–H and O–H groups in total. The molecule has 2 rings (SSSR count). The van der Waals surface area contributed by atoms with Crippen molar-refractivity contribution >= 4 is 11.7 Å². The van der Waals surface area contributed by atoms with Crippen LogP contribution < -0.4 is 0 Å². The molecule has 0 atom stereocenters. The average Bonchev–Trinajstić information content (AvgIpc) is 2.36. The molecule has 0 bridgehead atoms. The second kappa shape index (κ2) is 5.23. The maximum absolute atomic E-state index is 13.7. The first-order chi connectivity index (χ1) is 9.81. The summed E-state index contributed by atoms with van der Waals surface area (Å²) >= 11 is 0. The highest BCUT2D eigenvalue weighted by molar-refractivity contribution is 5.96. The second-order valence-electron chi connectivity index (χ2n) is 4.04. The van der Waals surface area contributed by atoms with Crippen molar-refractivity contribution in [3.63, 3.8) is 0 Å². The summed E-state index contributed by atoms with van der Waals surface area (Å²) in [5, 5.41) is 19.7. The number of nitrogens with zero attached hydrogens (tertiary/aromatic N) is 1. The number of nitro benzene ring substituents is 1. The number of carbonyl (C=O) groups is 1. The van der Waals surface area contributed by atoms with Crippen LogP contribution in [0, 0.1) is 27.6 Å². The van der Waals surface area contributed by atoms with Gasteiger partial charge in [0.1, 0.15) is 17.5 Å². The zero-order valence-corrected chi connectivity index (χ0v) is 10.1. The number of carboxylic acid groups (broad SMARTS) is 1. The first-order valence-corrected chi connectivity index (χ1v) is 5.48. The SMILES string of the molecule is O=C(O)c1ccc([N+](=O)[O-])cc1-c1c(F)cc(F)cc1F. The third kappa shape index (κ3) is 2.69. The number of hydrogen-bond acceptors (Lipinski definition) is 3. The molecule has 21 heavy (non-hydrogen) atoms. The molecule has 0 saturated heterocycles. The van der Waals surface area contributed by atoms with E-state index in [1.807, 2.05) is 0 Å². The van der Waals surface area contributed by atoms with E-state index in [1.54, 1.807) is 0 Å². The van der Waals surface area contributed by atoms with Gasteiger partial charge in [0.25, 0.3) is 5.69 Å². The molecule has 2 aromatic carbocycles. The lowest BCUT2D eigenvalue weighted by atomic mass is 9.98. The van der Waals surface area contributed by atoms with E-state index in [9.17, 15) is 28.1 Å². The predicted octanol–water partition coefficient (Wildman–Crippen LogP) is 3.38. The van der Waals surface area contributed by atoms with Gasteiger partial charge in [0, 0.05) is 29.8 Å². The van der Waals surface area contributed by atoms with Gasteiger partial charge in [-0.25, -0.2) is 18.0 Å². The Morgan fingerprint density at radius 1 is 1.10 bits per heavy atom. The third-order valence-electron chi connectivity index (χ3n) is 2.72. The Bertz CT molecular complexity index is 738. The molecule has 0 heterocycles. The number of hydrogen-bond donors (Lipinski definition) is 1. The zero-order valence-electron chi connectivity index (χ0n) is 10.1. The summed E-state index contributed by atoms with van der Waals surface area (Å²) in [7, 11) is 0. The largest absolute Gasteiger partial charge is 0.478 e. The van der Waals surface area contributed by atoms with Gasteiger partial charge >= 0.3 is 5.97 Å². The van der Waals surface area contributed by atoms with Crippen LogP contribution in [-0.4, -0.2) is 16.0 Å². The van der Waals surface area contributed by atoms with E-state index >= 15 is 0 Å². The van der Waals surface area contributed by atoms with Crippen LogP contribution in [0.3, 0.4) is 0 Å². The molecule has 2 aromatic rings. The van der Waals surface area contributed by atoms with Gasteiger partial charge in [0.05, 0.1) is 16.1 Å². The second-order valence-corrected chi connectivity index (χ2v) is 4.04. The molecule has 0 unspecified atom stereocenters. The fraction of sp³-hybridized carbons (Fsp3) is 0. The quantitative estimate of drug-likeness (QED) is 0.695. The van der Waals surface area contributed by atoms with Crippen molar-refractivity contribution in [3.05, 3.63) is 63.5 Å². The molecule has 0 fully saturated rings. The van der Waals surface area contributed by atoms with Crippen molar-refractivity contribution in [3.8, 4) is 11.1 Å². The fourth-order valence-corrected chi connectivity index (χ4v) is 1.84. The van der Waals surface area contributed by atoms with Gasteiger partial charge in [-0.05, 0) is 6.07 Å². The van der Waals surface area contributed by atoms with Crippen LogP contribution >= 0.6 is 0 Å². The van der Waals surface area contributed by atoms with Crippen LogP contribution in [0.4, 0.5) is 18.9 Å². The lowest BCUT2D eigenvalue weighted by molar-refractivity contribution is -0.384. The number of benzene rings is 2. The van der Waals surface area contributed by atoms with Crippen molar-refractivity contribution in [2.45, 2.75) is 0 Å². The molecule has 0 saturated carbocycles. The van der Waals surface area contributed by atoms with Gasteiger partial charge in [0.2, 0.25) is 0 Å². The minimum atomic E-state index is -1.52. The number of carboxylic acids is 1. The highest BCUT2D eigenvalue weighted by Crippen LogP contribution is 2.32. The van der Waals surface area contributed by atoms with E-state index in [4.69, 9.17) is 5.11 Å². The maximum atomic E-state index is 13.7. The predicted molar refractivity (Wildman–Crippen MR) is 65.4 cm³/mol. The monoisotopic (exact) mass is 297 g/mol. The first-order valence-electron chi connectivity index (χ1n) is 5.48. The summed E-state index contributed by atoms with van der Waals surface area (Å²) in [5.41, 5.74) is -2.45. The molecular weight excluding hydrogens is 291 g/mol. The molecule has 0 aliphatic rings. The van der Waals surface area contributed by atoms with Crippen molar-refractivity contribution in [2.75, 3.05) is 0 Å². The van der Waals surface area contributed by atoms with Crippen molar-refractivity contribution in [1.82, 2.24) is 0 Å². The van der Waals surface area contributed by atoms with Gasteiger partial charge < -0.3 is 5.11 Å². The average molecular weight is 297 g/mol. The molecule has 0 aromatic heterocycles. The molecule has 108 valence electrons.